The number of amides is 2. The fraction of sp³-hybridized carbons (Fsp3) is 0.278. The van der Waals surface area contributed by atoms with Gasteiger partial charge in [-0.2, -0.15) is 0 Å². The van der Waals surface area contributed by atoms with E-state index in [1.165, 1.54) is 24.6 Å². The summed E-state index contributed by atoms with van der Waals surface area (Å²) >= 11 is 1.26. The van der Waals surface area contributed by atoms with Crippen LogP contribution in [0.1, 0.15) is 23.2 Å². The number of primary amides is 1. The van der Waals surface area contributed by atoms with E-state index in [9.17, 15) is 9.59 Å². The van der Waals surface area contributed by atoms with Gasteiger partial charge in [0.2, 0.25) is 5.91 Å². The zero-order valence-electron chi connectivity index (χ0n) is 13.8. The average molecular weight is 356 g/mol. The van der Waals surface area contributed by atoms with Crippen LogP contribution in [-0.2, 0) is 4.79 Å². The minimum absolute atomic E-state index is 0.135. The van der Waals surface area contributed by atoms with Gasteiger partial charge < -0.3 is 16.0 Å². The van der Waals surface area contributed by atoms with Crippen molar-refractivity contribution in [1.82, 2.24) is 4.98 Å². The first-order valence-corrected chi connectivity index (χ1v) is 9.14. The summed E-state index contributed by atoms with van der Waals surface area (Å²) in [6, 6.07) is 10.9. The van der Waals surface area contributed by atoms with Crippen molar-refractivity contribution in [3.63, 3.8) is 0 Å². The molecule has 1 saturated heterocycles. The maximum Gasteiger partial charge on any atom is 0.256 e. The Morgan fingerprint density at radius 2 is 1.92 bits per heavy atom. The number of rotatable bonds is 6. The Hall–Kier alpha value is -2.54. The number of benzene rings is 1. The lowest BCUT2D eigenvalue weighted by molar-refractivity contribution is -0.115. The summed E-state index contributed by atoms with van der Waals surface area (Å²) in [4.78, 5) is 30.9. The van der Waals surface area contributed by atoms with E-state index in [2.05, 4.69) is 15.2 Å². The van der Waals surface area contributed by atoms with Crippen molar-refractivity contribution in [3.8, 4) is 0 Å². The number of carbonyl (C=O) groups is 2. The minimum atomic E-state index is -0.415. The van der Waals surface area contributed by atoms with E-state index in [-0.39, 0.29) is 11.7 Å². The van der Waals surface area contributed by atoms with E-state index in [4.69, 9.17) is 5.73 Å². The highest BCUT2D eigenvalue weighted by Crippen LogP contribution is 2.24. The number of nitrogens with two attached hydrogens (primary N) is 1. The molecule has 3 rings (SSSR count). The molecule has 0 saturated carbocycles. The normalized spacial score (nSPS) is 13.7. The van der Waals surface area contributed by atoms with Crippen LogP contribution in [0.2, 0.25) is 0 Å². The third kappa shape index (κ3) is 4.51. The number of nitrogens with zero attached hydrogens (tertiary/aromatic N) is 2. The summed E-state index contributed by atoms with van der Waals surface area (Å²) in [6.07, 6.45) is 4.06. The van der Waals surface area contributed by atoms with Gasteiger partial charge in [0, 0.05) is 18.0 Å². The highest BCUT2D eigenvalue weighted by Gasteiger charge is 2.15. The third-order valence-corrected chi connectivity index (χ3v) is 5.03. The lowest BCUT2D eigenvalue weighted by Crippen LogP contribution is -2.19. The Morgan fingerprint density at radius 3 is 2.60 bits per heavy atom. The first kappa shape index (κ1) is 17.3. The van der Waals surface area contributed by atoms with Crippen LogP contribution in [-0.4, -0.2) is 35.6 Å². The van der Waals surface area contributed by atoms with Crippen molar-refractivity contribution in [2.45, 2.75) is 17.7 Å². The van der Waals surface area contributed by atoms with Crippen molar-refractivity contribution in [1.29, 1.82) is 0 Å². The number of nitrogens with one attached hydrogen (secondary N) is 1. The Morgan fingerprint density at radius 1 is 1.16 bits per heavy atom. The molecule has 2 heterocycles. The van der Waals surface area contributed by atoms with E-state index in [0.717, 1.165) is 23.8 Å². The molecule has 130 valence electrons. The van der Waals surface area contributed by atoms with Crippen LogP contribution < -0.4 is 16.0 Å². The molecule has 1 aliphatic rings. The molecule has 0 atom stereocenters. The van der Waals surface area contributed by atoms with Gasteiger partial charge in [0.25, 0.3) is 5.91 Å². The molecule has 1 aliphatic heterocycles. The lowest BCUT2D eigenvalue weighted by atomic mass is 10.2. The molecule has 2 aromatic rings. The maximum absolute atomic E-state index is 12.5. The second-order valence-electron chi connectivity index (χ2n) is 5.80. The van der Waals surface area contributed by atoms with Gasteiger partial charge in [-0.3, -0.25) is 9.59 Å². The first-order valence-electron chi connectivity index (χ1n) is 8.16. The van der Waals surface area contributed by atoms with Crippen molar-refractivity contribution < 1.29 is 9.59 Å². The summed E-state index contributed by atoms with van der Waals surface area (Å²) < 4.78 is 0. The molecule has 25 heavy (non-hydrogen) atoms. The topological polar surface area (TPSA) is 88.3 Å². The Balaban J connectivity index is 1.68. The number of anilines is 2. The molecule has 1 aromatic carbocycles. The zero-order chi connectivity index (χ0) is 17.6. The Labute approximate surface area is 150 Å². The van der Waals surface area contributed by atoms with E-state index in [1.54, 1.807) is 24.4 Å². The Kier molecular flexibility index (Phi) is 5.55. The van der Waals surface area contributed by atoms with E-state index < -0.39 is 5.91 Å². The largest absolute Gasteiger partial charge is 0.369 e. The summed E-state index contributed by atoms with van der Waals surface area (Å²) in [5.41, 5.74) is 6.34. The third-order valence-electron chi connectivity index (χ3n) is 3.94. The predicted molar refractivity (Wildman–Crippen MR) is 100.0 cm³/mol. The van der Waals surface area contributed by atoms with Crippen LogP contribution in [0.15, 0.2) is 47.5 Å². The number of pyridine rings is 1. The fourth-order valence-corrected chi connectivity index (χ4v) is 3.51. The highest BCUT2D eigenvalue weighted by atomic mass is 32.2. The number of hydrogen-bond acceptors (Lipinski definition) is 5. The van der Waals surface area contributed by atoms with Crippen LogP contribution >= 0.6 is 11.8 Å². The molecule has 7 heteroatoms. The SMILES string of the molecule is NC(=O)CSc1ccccc1C(=O)Nc1ccc(N2CCCC2)nc1. The minimum Gasteiger partial charge on any atom is -0.369 e. The van der Waals surface area contributed by atoms with E-state index in [1.807, 2.05) is 18.2 Å². The second-order valence-corrected chi connectivity index (χ2v) is 6.82. The lowest BCUT2D eigenvalue weighted by Gasteiger charge is -2.16. The highest BCUT2D eigenvalue weighted by molar-refractivity contribution is 8.00. The summed E-state index contributed by atoms with van der Waals surface area (Å²) in [6.45, 7) is 2.06. The monoisotopic (exact) mass is 356 g/mol. The van der Waals surface area contributed by atoms with Crippen LogP contribution in [0.3, 0.4) is 0 Å². The molecule has 0 unspecified atom stereocenters. The quantitative estimate of drug-likeness (QED) is 0.777. The van der Waals surface area contributed by atoms with E-state index in [0.29, 0.717) is 11.3 Å². The average Bonchev–Trinajstić information content (AvgIpc) is 3.15. The summed E-state index contributed by atoms with van der Waals surface area (Å²) in [5.74, 6) is 0.425. The van der Waals surface area contributed by atoms with Crippen molar-refractivity contribution in [3.05, 3.63) is 48.2 Å². The van der Waals surface area contributed by atoms with Gasteiger partial charge in [0.15, 0.2) is 0 Å². The van der Waals surface area contributed by atoms with Gasteiger partial charge in [-0.15, -0.1) is 11.8 Å². The van der Waals surface area contributed by atoms with Gasteiger partial charge in [-0.1, -0.05) is 12.1 Å². The number of hydrogen-bond donors (Lipinski definition) is 2. The standard InChI is InChI=1S/C18H20N4O2S/c19-16(23)12-25-15-6-2-1-5-14(15)18(24)21-13-7-8-17(20-11-13)22-9-3-4-10-22/h1-2,5-8,11H,3-4,9-10,12H2,(H2,19,23)(H,21,24). The molecule has 1 fully saturated rings. The number of carbonyl (C=O) groups excluding carboxylic acids is 2. The molecular formula is C18H20N4O2S. The van der Waals surface area contributed by atoms with Gasteiger partial charge >= 0.3 is 0 Å². The molecular weight excluding hydrogens is 336 g/mol. The number of thioether (sulfide) groups is 1. The van der Waals surface area contributed by atoms with Crippen LogP contribution in [0.5, 0.6) is 0 Å². The molecule has 1 aromatic heterocycles. The smallest absolute Gasteiger partial charge is 0.256 e. The van der Waals surface area contributed by atoms with E-state index >= 15 is 0 Å². The van der Waals surface area contributed by atoms with Crippen molar-refractivity contribution >= 4 is 35.1 Å². The van der Waals surface area contributed by atoms with Crippen LogP contribution in [0, 0.1) is 0 Å². The predicted octanol–water partition coefficient (Wildman–Crippen LogP) is 2.51. The fourth-order valence-electron chi connectivity index (χ4n) is 2.72. The zero-order valence-corrected chi connectivity index (χ0v) is 14.6. The van der Waals surface area contributed by atoms with Gasteiger partial charge in [0.05, 0.1) is 23.2 Å². The van der Waals surface area contributed by atoms with Crippen molar-refractivity contribution in [2.75, 3.05) is 29.1 Å². The van der Waals surface area contributed by atoms with Crippen LogP contribution in [0.25, 0.3) is 0 Å². The Bertz CT molecular complexity index is 758. The summed E-state index contributed by atoms with van der Waals surface area (Å²) in [5, 5.41) is 2.85. The first-order chi connectivity index (χ1) is 12.1. The molecule has 0 radical (unpaired) electrons. The summed E-state index contributed by atoms with van der Waals surface area (Å²) in [7, 11) is 0. The van der Waals surface area contributed by atoms with Gasteiger partial charge in [0.1, 0.15) is 5.82 Å². The molecule has 0 bridgehead atoms. The second kappa shape index (κ2) is 8.02. The molecule has 0 aliphatic carbocycles. The van der Waals surface area contributed by atoms with Gasteiger partial charge in [-0.05, 0) is 37.1 Å². The molecule has 6 nitrogen and oxygen atoms in total. The van der Waals surface area contributed by atoms with Gasteiger partial charge in [-0.25, -0.2) is 4.98 Å². The molecule has 2 amide bonds. The number of aromatic nitrogens is 1. The molecule has 0 spiro atoms. The van der Waals surface area contributed by atoms with Crippen molar-refractivity contribution in [2.24, 2.45) is 5.73 Å². The molecule has 3 N–H and O–H groups in total. The van der Waals surface area contributed by atoms with Crippen LogP contribution in [0.4, 0.5) is 11.5 Å². The maximum atomic E-state index is 12.5.